The Morgan fingerprint density at radius 2 is 2.32 bits per heavy atom. The van der Waals surface area contributed by atoms with Crippen LogP contribution in [-0.2, 0) is 4.74 Å². The van der Waals surface area contributed by atoms with Gasteiger partial charge in [0.2, 0.25) is 5.95 Å². The third-order valence-corrected chi connectivity index (χ3v) is 3.90. The molecule has 9 nitrogen and oxygen atoms in total. The fourth-order valence-electron chi connectivity index (χ4n) is 2.40. The Balaban J connectivity index is 2.13. The number of hydrogen-bond donors (Lipinski definition) is 4. The van der Waals surface area contributed by atoms with Crippen LogP contribution in [0.4, 0.5) is 16.2 Å². The maximum atomic E-state index is 14.6. The third-order valence-electron chi connectivity index (χ3n) is 3.49. The monoisotopic (exact) mass is 332 g/mol. The second-order valence-corrected chi connectivity index (χ2v) is 5.41. The molecule has 1 unspecified atom stereocenters. The lowest BCUT2D eigenvalue weighted by Crippen LogP contribution is -2.38. The molecule has 0 aromatic carbocycles. The molecule has 2 aromatic rings. The summed E-state index contributed by atoms with van der Waals surface area (Å²) in [5.41, 5.74) is 6.15. The number of ether oxygens (including phenoxy) is 1. The van der Waals surface area contributed by atoms with Crippen LogP contribution in [0.5, 0.6) is 0 Å². The predicted octanol–water partition coefficient (Wildman–Crippen LogP) is -0.395. The van der Waals surface area contributed by atoms with E-state index >= 15 is 0 Å². The number of aliphatic hydroxyl groups excluding tert-OH is 2. The van der Waals surface area contributed by atoms with Crippen LogP contribution in [0.15, 0.2) is 6.33 Å². The Bertz CT molecular complexity index is 710. The SMILES string of the molecule is CNc1nc(N)nc2c1ncn2[C@@H]1O[C@H](CO)[C@@H](O)C1(F)Cl. The highest BCUT2D eigenvalue weighted by Crippen LogP contribution is 2.45. The van der Waals surface area contributed by atoms with Crippen molar-refractivity contribution in [1.82, 2.24) is 19.5 Å². The summed E-state index contributed by atoms with van der Waals surface area (Å²) in [7, 11) is 1.62. The van der Waals surface area contributed by atoms with E-state index in [0.29, 0.717) is 11.3 Å². The van der Waals surface area contributed by atoms with E-state index in [2.05, 4.69) is 20.3 Å². The molecule has 11 heteroatoms. The van der Waals surface area contributed by atoms with E-state index in [1.807, 2.05) is 0 Å². The first-order valence-corrected chi connectivity index (χ1v) is 6.78. The fourth-order valence-corrected chi connectivity index (χ4v) is 2.69. The van der Waals surface area contributed by atoms with E-state index in [-0.39, 0.29) is 11.6 Å². The van der Waals surface area contributed by atoms with E-state index in [1.54, 1.807) is 7.05 Å². The van der Waals surface area contributed by atoms with Crippen molar-refractivity contribution in [2.24, 2.45) is 0 Å². The minimum Gasteiger partial charge on any atom is -0.394 e. The van der Waals surface area contributed by atoms with Gasteiger partial charge in [-0.1, -0.05) is 11.6 Å². The van der Waals surface area contributed by atoms with E-state index in [0.717, 1.165) is 0 Å². The normalized spacial score (nSPS) is 31.8. The molecule has 3 heterocycles. The van der Waals surface area contributed by atoms with Crippen LogP contribution in [0.2, 0.25) is 0 Å². The number of aromatic nitrogens is 4. The second-order valence-electron chi connectivity index (χ2n) is 4.83. The summed E-state index contributed by atoms with van der Waals surface area (Å²) in [6.45, 7) is -0.582. The molecule has 3 rings (SSSR count). The molecule has 0 saturated carbocycles. The molecule has 0 amide bonds. The Morgan fingerprint density at radius 1 is 1.59 bits per heavy atom. The Hall–Kier alpha value is -1.75. The number of alkyl halides is 2. The summed E-state index contributed by atoms with van der Waals surface area (Å²) < 4.78 is 21.1. The molecule has 5 N–H and O–H groups in total. The quantitative estimate of drug-likeness (QED) is 0.559. The number of halogens is 2. The lowest BCUT2D eigenvalue weighted by Gasteiger charge is -2.22. The summed E-state index contributed by atoms with van der Waals surface area (Å²) >= 11 is 5.77. The summed E-state index contributed by atoms with van der Waals surface area (Å²) in [4.78, 5) is 12.1. The first kappa shape index (κ1) is 15.2. The van der Waals surface area contributed by atoms with Gasteiger partial charge in [0.25, 0.3) is 5.13 Å². The van der Waals surface area contributed by atoms with Crippen molar-refractivity contribution < 1.29 is 19.3 Å². The number of rotatable bonds is 3. The zero-order chi connectivity index (χ0) is 16.1. The number of fused-ring (bicyclic) bond motifs is 1. The number of anilines is 2. The highest BCUT2D eigenvalue weighted by atomic mass is 35.5. The van der Waals surface area contributed by atoms with Gasteiger partial charge in [0, 0.05) is 7.05 Å². The van der Waals surface area contributed by atoms with Crippen molar-refractivity contribution in [3.63, 3.8) is 0 Å². The van der Waals surface area contributed by atoms with Gasteiger partial charge in [-0.15, -0.1) is 0 Å². The molecule has 22 heavy (non-hydrogen) atoms. The molecule has 2 aromatic heterocycles. The minimum atomic E-state index is -2.65. The number of nitrogens with two attached hydrogens (primary N) is 1. The van der Waals surface area contributed by atoms with Gasteiger partial charge in [0.15, 0.2) is 23.2 Å². The Labute approximate surface area is 128 Å². The summed E-state index contributed by atoms with van der Waals surface area (Å²) in [6.07, 6.45) is -3.03. The minimum absolute atomic E-state index is 0.0464. The van der Waals surface area contributed by atoms with Crippen molar-refractivity contribution in [3.8, 4) is 0 Å². The van der Waals surface area contributed by atoms with Crippen LogP contribution in [0.25, 0.3) is 11.2 Å². The topological polar surface area (TPSA) is 131 Å². The maximum absolute atomic E-state index is 14.6. The molecule has 0 bridgehead atoms. The van der Waals surface area contributed by atoms with E-state index in [1.165, 1.54) is 10.9 Å². The first-order valence-electron chi connectivity index (χ1n) is 6.40. The summed E-state index contributed by atoms with van der Waals surface area (Å²) in [5.74, 6) is 0.312. The molecular weight excluding hydrogens is 319 g/mol. The number of hydrogen-bond acceptors (Lipinski definition) is 8. The fraction of sp³-hybridized carbons (Fsp3) is 0.545. The number of nitrogens with one attached hydrogen (secondary N) is 1. The van der Waals surface area contributed by atoms with Crippen molar-refractivity contribution in [1.29, 1.82) is 0 Å². The molecule has 4 atom stereocenters. The maximum Gasteiger partial charge on any atom is 0.256 e. The molecule has 1 aliphatic heterocycles. The van der Waals surface area contributed by atoms with Crippen molar-refractivity contribution in [3.05, 3.63) is 6.33 Å². The zero-order valence-electron chi connectivity index (χ0n) is 11.4. The molecule has 1 fully saturated rings. The van der Waals surface area contributed by atoms with Gasteiger partial charge in [-0.05, 0) is 0 Å². The van der Waals surface area contributed by atoms with Crippen LogP contribution in [0, 0.1) is 0 Å². The van der Waals surface area contributed by atoms with Gasteiger partial charge in [-0.3, -0.25) is 4.57 Å². The number of imidazole rings is 1. The van der Waals surface area contributed by atoms with Gasteiger partial charge in [0.05, 0.1) is 12.9 Å². The predicted molar refractivity (Wildman–Crippen MR) is 76.0 cm³/mol. The van der Waals surface area contributed by atoms with Crippen LogP contribution in [-0.4, -0.2) is 60.7 Å². The van der Waals surface area contributed by atoms with Crippen LogP contribution in [0.1, 0.15) is 6.23 Å². The Morgan fingerprint density at radius 3 is 2.91 bits per heavy atom. The van der Waals surface area contributed by atoms with Crippen molar-refractivity contribution >= 4 is 34.5 Å². The second kappa shape index (κ2) is 5.16. The molecule has 120 valence electrons. The zero-order valence-corrected chi connectivity index (χ0v) is 12.2. The van der Waals surface area contributed by atoms with E-state index in [4.69, 9.17) is 27.2 Å². The van der Waals surface area contributed by atoms with Gasteiger partial charge in [0.1, 0.15) is 12.2 Å². The van der Waals surface area contributed by atoms with Crippen LogP contribution < -0.4 is 11.1 Å². The number of nitrogens with zero attached hydrogens (tertiary/aromatic N) is 4. The smallest absolute Gasteiger partial charge is 0.256 e. The Kier molecular flexibility index (Phi) is 3.56. The van der Waals surface area contributed by atoms with Gasteiger partial charge in [-0.2, -0.15) is 9.97 Å². The standard InChI is InChI=1S/C11H14ClFN6O3/c1-15-7-5-8(18-10(14)17-7)19(3-16-5)9-11(12,13)6(21)4(2-20)22-9/h3-4,6,9,20-21H,2H2,1H3,(H3,14,15,17,18)/t4-,6-,9-,11?/m1/s1. The molecular formula is C11H14ClFN6O3. The van der Waals surface area contributed by atoms with Crippen LogP contribution in [0.3, 0.4) is 0 Å². The number of nitrogen functional groups attached to an aromatic ring is 1. The molecule has 1 aliphatic rings. The van der Waals surface area contributed by atoms with Crippen molar-refractivity contribution in [2.45, 2.75) is 23.6 Å². The van der Waals surface area contributed by atoms with Gasteiger partial charge < -0.3 is 26.0 Å². The van der Waals surface area contributed by atoms with Crippen molar-refractivity contribution in [2.75, 3.05) is 24.7 Å². The average molecular weight is 333 g/mol. The van der Waals surface area contributed by atoms with E-state index in [9.17, 15) is 9.50 Å². The third kappa shape index (κ3) is 2.07. The molecule has 0 aliphatic carbocycles. The lowest BCUT2D eigenvalue weighted by atomic mass is 10.1. The average Bonchev–Trinajstić information content (AvgIpc) is 2.98. The number of aliphatic hydroxyl groups is 2. The van der Waals surface area contributed by atoms with Crippen LogP contribution >= 0.6 is 11.6 Å². The highest BCUT2D eigenvalue weighted by molar-refractivity contribution is 6.23. The largest absolute Gasteiger partial charge is 0.394 e. The van der Waals surface area contributed by atoms with E-state index < -0.39 is 30.2 Å². The van der Waals surface area contributed by atoms with Gasteiger partial charge in [-0.25, -0.2) is 9.37 Å². The summed E-state index contributed by atoms with van der Waals surface area (Å²) in [6, 6.07) is 0. The van der Waals surface area contributed by atoms with Gasteiger partial charge >= 0.3 is 0 Å². The molecule has 0 spiro atoms. The first-order chi connectivity index (χ1) is 10.4. The summed E-state index contributed by atoms with van der Waals surface area (Å²) in [5, 5.41) is 19.1. The molecule has 1 saturated heterocycles. The molecule has 0 radical (unpaired) electrons. The highest BCUT2D eigenvalue weighted by Gasteiger charge is 2.57. The lowest BCUT2D eigenvalue weighted by molar-refractivity contribution is -0.0482.